The fourth-order valence-corrected chi connectivity index (χ4v) is 2.43. The molecule has 0 saturated carbocycles. The number of aliphatic hydroxyl groups excluding tert-OH is 1. The Morgan fingerprint density at radius 2 is 1.57 bits per heavy atom. The molecule has 21 heavy (non-hydrogen) atoms. The summed E-state index contributed by atoms with van der Waals surface area (Å²) in [6.45, 7) is 13.9. The molecule has 2 N–H and O–H groups in total. The third-order valence-corrected chi connectivity index (χ3v) is 3.40. The first-order valence-corrected chi connectivity index (χ1v) is 7.80. The van der Waals surface area contributed by atoms with Gasteiger partial charge in [0, 0.05) is 24.8 Å². The molecule has 0 aliphatic heterocycles. The summed E-state index contributed by atoms with van der Waals surface area (Å²) in [6.07, 6.45) is 1.41. The van der Waals surface area contributed by atoms with Crippen molar-refractivity contribution in [3.05, 3.63) is 0 Å². The number of hydrogen-bond acceptors (Lipinski definition) is 3. The first kappa shape index (κ1) is 20.1. The minimum Gasteiger partial charge on any atom is -0.391 e. The summed E-state index contributed by atoms with van der Waals surface area (Å²) < 4.78 is 0. The zero-order valence-electron chi connectivity index (χ0n) is 14.7. The molecular weight excluding hydrogens is 266 g/mol. The molecule has 0 aliphatic carbocycles. The van der Waals surface area contributed by atoms with Crippen LogP contribution in [0.5, 0.6) is 0 Å². The molecular formula is C17H33NO3. The summed E-state index contributed by atoms with van der Waals surface area (Å²) in [5.41, 5.74) is -0.285. The molecule has 0 saturated heterocycles. The molecule has 2 atom stereocenters. The van der Waals surface area contributed by atoms with E-state index >= 15 is 0 Å². The lowest BCUT2D eigenvalue weighted by molar-refractivity contribution is -0.132. The van der Waals surface area contributed by atoms with Crippen molar-refractivity contribution < 1.29 is 14.7 Å². The Bertz CT molecular complexity index is 350. The third kappa shape index (κ3) is 9.62. The van der Waals surface area contributed by atoms with Crippen molar-refractivity contribution >= 4 is 11.7 Å². The number of hydrogen-bond donors (Lipinski definition) is 2. The molecule has 1 amide bonds. The van der Waals surface area contributed by atoms with Crippen LogP contribution in [0, 0.1) is 16.7 Å². The van der Waals surface area contributed by atoms with Crippen LogP contribution in [0.3, 0.4) is 0 Å². The third-order valence-electron chi connectivity index (χ3n) is 3.40. The second kappa shape index (κ2) is 7.92. The van der Waals surface area contributed by atoms with Gasteiger partial charge in [-0.2, -0.15) is 0 Å². The molecule has 0 aliphatic rings. The molecule has 4 heteroatoms. The summed E-state index contributed by atoms with van der Waals surface area (Å²) in [5.74, 6) is 0.0622. The summed E-state index contributed by atoms with van der Waals surface area (Å²) in [6, 6.07) is 0. The van der Waals surface area contributed by atoms with Gasteiger partial charge in [0.25, 0.3) is 0 Å². The molecule has 0 aromatic carbocycles. The van der Waals surface area contributed by atoms with Gasteiger partial charge in [0.1, 0.15) is 5.78 Å². The van der Waals surface area contributed by atoms with Gasteiger partial charge in [0.05, 0.1) is 6.10 Å². The summed E-state index contributed by atoms with van der Waals surface area (Å²) in [5, 5.41) is 12.5. The molecule has 2 unspecified atom stereocenters. The summed E-state index contributed by atoms with van der Waals surface area (Å²) in [7, 11) is 0. The highest BCUT2D eigenvalue weighted by Gasteiger charge is 2.32. The van der Waals surface area contributed by atoms with E-state index in [1.54, 1.807) is 0 Å². The van der Waals surface area contributed by atoms with Crippen molar-refractivity contribution in [2.75, 3.05) is 6.54 Å². The normalized spacial score (nSPS) is 15.4. The zero-order valence-corrected chi connectivity index (χ0v) is 14.7. The van der Waals surface area contributed by atoms with E-state index in [1.807, 2.05) is 20.8 Å². The second-order valence-corrected chi connectivity index (χ2v) is 8.24. The number of Topliss-reactive ketones (excluding diaryl/α,β-unsaturated/α-hetero) is 1. The van der Waals surface area contributed by atoms with Crippen LogP contribution in [-0.2, 0) is 9.59 Å². The quantitative estimate of drug-likeness (QED) is 0.759. The molecule has 124 valence electrons. The fourth-order valence-electron chi connectivity index (χ4n) is 2.43. The molecule has 0 bridgehead atoms. The average Bonchev–Trinajstić information content (AvgIpc) is 2.28. The first-order valence-electron chi connectivity index (χ1n) is 7.80. The minimum absolute atomic E-state index is 0.0445. The maximum Gasteiger partial charge on any atom is 0.216 e. The van der Waals surface area contributed by atoms with E-state index in [2.05, 4.69) is 26.1 Å². The van der Waals surface area contributed by atoms with Crippen LogP contribution in [0.2, 0.25) is 0 Å². The van der Waals surface area contributed by atoms with Crippen LogP contribution in [0.15, 0.2) is 0 Å². The van der Waals surface area contributed by atoms with Gasteiger partial charge in [-0.05, 0) is 24.7 Å². The number of aliphatic hydroxyl groups is 1. The Morgan fingerprint density at radius 3 is 1.95 bits per heavy atom. The minimum atomic E-state index is -0.593. The van der Waals surface area contributed by atoms with Crippen LogP contribution in [0.1, 0.15) is 67.7 Å². The molecule has 0 aromatic rings. The fraction of sp³-hybridized carbons (Fsp3) is 0.882. The van der Waals surface area contributed by atoms with Crippen LogP contribution in [0.4, 0.5) is 0 Å². The second-order valence-electron chi connectivity index (χ2n) is 8.24. The highest BCUT2D eigenvalue weighted by molar-refractivity contribution is 5.86. The van der Waals surface area contributed by atoms with Crippen LogP contribution in [-0.4, -0.2) is 29.4 Å². The molecule has 0 heterocycles. The number of amides is 1. The Labute approximate surface area is 129 Å². The average molecular weight is 299 g/mol. The van der Waals surface area contributed by atoms with E-state index in [9.17, 15) is 14.7 Å². The lowest BCUT2D eigenvalue weighted by Gasteiger charge is -2.30. The van der Waals surface area contributed by atoms with Gasteiger partial charge >= 0.3 is 0 Å². The molecule has 0 radical (unpaired) electrons. The number of carbonyl (C=O) groups is 2. The Kier molecular flexibility index (Phi) is 7.58. The lowest BCUT2D eigenvalue weighted by atomic mass is 9.74. The van der Waals surface area contributed by atoms with E-state index in [0.29, 0.717) is 12.8 Å². The van der Waals surface area contributed by atoms with E-state index in [4.69, 9.17) is 0 Å². The highest BCUT2D eigenvalue weighted by atomic mass is 16.3. The largest absolute Gasteiger partial charge is 0.391 e. The van der Waals surface area contributed by atoms with Crippen LogP contribution < -0.4 is 5.32 Å². The van der Waals surface area contributed by atoms with E-state index < -0.39 is 6.10 Å². The maximum atomic E-state index is 12.6. The smallest absolute Gasteiger partial charge is 0.216 e. The standard InChI is InChI=1S/C17H33NO3/c1-12(19)18-11-14(20)9-8-13(10-16(2,3)4)15(21)17(5,6)7/h13-14,20H,8-11H2,1-7H3,(H,18,19). The Morgan fingerprint density at radius 1 is 1.05 bits per heavy atom. The monoisotopic (exact) mass is 299 g/mol. The molecule has 4 nitrogen and oxygen atoms in total. The lowest BCUT2D eigenvalue weighted by Crippen LogP contribution is -2.34. The van der Waals surface area contributed by atoms with Crippen molar-refractivity contribution in [3.63, 3.8) is 0 Å². The van der Waals surface area contributed by atoms with Crippen molar-refractivity contribution in [2.45, 2.75) is 73.8 Å². The van der Waals surface area contributed by atoms with Gasteiger partial charge in [-0.1, -0.05) is 41.5 Å². The summed E-state index contributed by atoms with van der Waals surface area (Å²) in [4.78, 5) is 23.4. The van der Waals surface area contributed by atoms with Gasteiger partial charge in [-0.25, -0.2) is 0 Å². The molecule has 0 fully saturated rings. The molecule has 0 aromatic heterocycles. The predicted octanol–water partition coefficient (Wildman–Crippen LogP) is 2.93. The van der Waals surface area contributed by atoms with Gasteiger partial charge in [-0.15, -0.1) is 0 Å². The Balaban J connectivity index is 4.62. The maximum absolute atomic E-state index is 12.6. The molecule has 0 rings (SSSR count). The van der Waals surface area contributed by atoms with Crippen molar-refractivity contribution in [1.29, 1.82) is 0 Å². The van der Waals surface area contributed by atoms with Crippen LogP contribution in [0.25, 0.3) is 0 Å². The van der Waals surface area contributed by atoms with Crippen LogP contribution >= 0.6 is 0 Å². The first-order chi connectivity index (χ1) is 9.33. The van der Waals surface area contributed by atoms with Gasteiger partial charge in [-0.3, -0.25) is 9.59 Å². The van der Waals surface area contributed by atoms with Crippen molar-refractivity contribution in [3.8, 4) is 0 Å². The zero-order chi connectivity index (χ0) is 16.8. The topological polar surface area (TPSA) is 66.4 Å². The van der Waals surface area contributed by atoms with Crippen molar-refractivity contribution in [2.24, 2.45) is 16.7 Å². The predicted molar refractivity (Wildman–Crippen MR) is 85.9 cm³/mol. The number of nitrogens with one attached hydrogen (secondary N) is 1. The highest BCUT2D eigenvalue weighted by Crippen LogP contribution is 2.33. The van der Waals surface area contributed by atoms with Gasteiger partial charge in [0.2, 0.25) is 5.91 Å². The number of rotatable bonds is 7. The van der Waals surface area contributed by atoms with Gasteiger partial charge < -0.3 is 10.4 Å². The van der Waals surface area contributed by atoms with E-state index in [0.717, 1.165) is 6.42 Å². The van der Waals surface area contributed by atoms with Crippen molar-refractivity contribution in [1.82, 2.24) is 5.32 Å². The molecule has 0 spiro atoms. The van der Waals surface area contributed by atoms with Gasteiger partial charge in [0.15, 0.2) is 0 Å². The number of ketones is 1. The SMILES string of the molecule is CC(=O)NCC(O)CCC(CC(C)(C)C)C(=O)C(C)(C)C. The Hall–Kier alpha value is -0.900. The number of carbonyl (C=O) groups excluding carboxylic acids is 2. The van der Waals surface area contributed by atoms with E-state index in [1.165, 1.54) is 6.92 Å². The van der Waals surface area contributed by atoms with E-state index in [-0.39, 0.29) is 35.0 Å². The summed E-state index contributed by atoms with van der Waals surface area (Å²) >= 11 is 0.